The molecule has 8 heteroatoms. The number of rotatable bonds is 3. The van der Waals surface area contributed by atoms with Crippen LogP contribution in [0.15, 0.2) is 59.0 Å². The lowest BCUT2D eigenvalue weighted by atomic mass is 10.1. The third-order valence-corrected chi connectivity index (χ3v) is 4.00. The summed E-state index contributed by atoms with van der Waals surface area (Å²) in [6.07, 6.45) is 2.75. The van der Waals surface area contributed by atoms with Gasteiger partial charge in [-0.1, -0.05) is 24.3 Å². The van der Waals surface area contributed by atoms with Gasteiger partial charge in [0.15, 0.2) is 5.11 Å². The fourth-order valence-electron chi connectivity index (χ4n) is 2.48. The number of hydrogen-bond donors (Lipinski definition) is 4. The van der Waals surface area contributed by atoms with Crippen LogP contribution in [0, 0.1) is 6.92 Å². The Balaban J connectivity index is 1.55. The monoisotopic (exact) mass is 395 g/mol. The van der Waals surface area contributed by atoms with Crippen molar-refractivity contribution in [1.29, 1.82) is 0 Å². The van der Waals surface area contributed by atoms with Gasteiger partial charge in [0.25, 0.3) is 5.91 Å². The summed E-state index contributed by atoms with van der Waals surface area (Å²) in [4.78, 5) is 24.1. The van der Waals surface area contributed by atoms with E-state index in [0.717, 1.165) is 16.5 Å². The van der Waals surface area contributed by atoms with Gasteiger partial charge in [-0.3, -0.25) is 25.8 Å². The van der Waals surface area contributed by atoms with Gasteiger partial charge in [0.2, 0.25) is 5.91 Å². The molecule has 0 aliphatic heterocycles. The van der Waals surface area contributed by atoms with Gasteiger partial charge in [0.1, 0.15) is 17.3 Å². The molecule has 142 valence electrons. The number of phenols is 1. The minimum atomic E-state index is -0.596. The van der Waals surface area contributed by atoms with Crippen LogP contribution >= 0.6 is 12.2 Å². The van der Waals surface area contributed by atoms with Crippen LogP contribution in [-0.2, 0) is 4.79 Å². The van der Waals surface area contributed by atoms with Crippen molar-refractivity contribution in [3.05, 3.63) is 71.7 Å². The molecule has 0 atom stereocenters. The van der Waals surface area contributed by atoms with Gasteiger partial charge >= 0.3 is 0 Å². The summed E-state index contributed by atoms with van der Waals surface area (Å²) in [6, 6.07) is 13.9. The average Bonchev–Trinajstić information content (AvgIpc) is 3.09. The van der Waals surface area contributed by atoms with Gasteiger partial charge in [0.05, 0.1) is 5.56 Å². The predicted molar refractivity (Wildman–Crippen MR) is 109 cm³/mol. The number of hydrazine groups is 1. The summed E-state index contributed by atoms with van der Waals surface area (Å²) >= 11 is 4.97. The number of thiocarbonyl (C=S) groups is 1. The van der Waals surface area contributed by atoms with Gasteiger partial charge in [-0.25, -0.2) is 0 Å². The highest BCUT2D eigenvalue weighted by Gasteiger charge is 2.13. The molecular weight excluding hydrogens is 378 g/mol. The van der Waals surface area contributed by atoms with E-state index in [1.165, 1.54) is 18.2 Å². The van der Waals surface area contributed by atoms with Crippen molar-refractivity contribution in [2.45, 2.75) is 6.92 Å². The molecule has 0 aliphatic rings. The van der Waals surface area contributed by atoms with Crippen molar-refractivity contribution in [1.82, 2.24) is 16.2 Å². The minimum Gasteiger partial charge on any atom is -0.507 e. The molecule has 28 heavy (non-hydrogen) atoms. The molecule has 7 nitrogen and oxygen atoms in total. The average molecular weight is 395 g/mol. The SMILES string of the molecule is Cc1ccc(/C=C/C(=O)NC(=S)NNC(=O)c2cc3ccccc3cc2O)o1. The smallest absolute Gasteiger partial charge is 0.273 e. The molecule has 0 unspecified atom stereocenters. The molecule has 0 saturated heterocycles. The number of benzene rings is 2. The van der Waals surface area contributed by atoms with Crippen LogP contribution in [0.2, 0.25) is 0 Å². The lowest BCUT2D eigenvalue weighted by Gasteiger charge is -2.11. The number of phenolic OH excluding ortho intramolecular Hbond substituents is 1. The van der Waals surface area contributed by atoms with Gasteiger partial charge < -0.3 is 9.52 Å². The summed E-state index contributed by atoms with van der Waals surface area (Å²) in [7, 11) is 0. The molecule has 0 spiro atoms. The van der Waals surface area contributed by atoms with E-state index in [2.05, 4.69) is 16.2 Å². The van der Waals surface area contributed by atoms with Crippen LogP contribution in [0.25, 0.3) is 16.8 Å². The Morgan fingerprint density at radius 1 is 1.07 bits per heavy atom. The highest BCUT2D eigenvalue weighted by Crippen LogP contribution is 2.24. The van der Waals surface area contributed by atoms with Crippen molar-refractivity contribution < 1.29 is 19.1 Å². The van der Waals surface area contributed by atoms with E-state index in [4.69, 9.17) is 16.6 Å². The van der Waals surface area contributed by atoms with Gasteiger partial charge in [0, 0.05) is 6.08 Å². The lowest BCUT2D eigenvalue weighted by Crippen LogP contribution is -2.48. The molecule has 1 aromatic heterocycles. The molecule has 1 heterocycles. The van der Waals surface area contributed by atoms with Crippen LogP contribution in [0.5, 0.6) is 5.75 Å². The quantitative estimate of drug-likeness (QED) is 0.309. The van der Waals surface area contributed by atoms with Crippen LogP contribution in [0.3, 0.4) is 0 Å². The first-order valence-electron chi connectivity index (χ1n) is 8.30. The standard InChI is InChI=1S/C20H17N3O4S/c1-12-6-7-15(27-12)8-9-18(25)21-20(28)23-22-19(26)16-10-13-4-2-3-5-14(13)11-17(16)24/h2-11,24H,1H3,(H,22,26)(H2,21,23,25,28)/b9-8+. The molecule has 0 radical (unpaired) electrons. The number of aryl methyl sites for hydroxylation is 1. The largest absolute Gasteiger partial charge is 0.507 e. The molecule has 0 bridgehead atoms. The Morgan fingerprint density at radius 2 is 1.79 bits per heavy atom. The third kappa shape index (κ3) is 4.74. The Bertz CT molecular complexity index is 1090. The van der Waals surface area contributed by atoms with E-state index in [9.17, 15) is 14.7 Å². The first-order valence-corrected chi connectivity index (χ1v) is 8.71. The molecule has 0 fully saturated rings. The van der Waals surface area contributed by atoms with Crippen molar-refractivity contribution in [2.75, 3.05) is 0 Å². The number of aromatic hydroxyl groups is 1. The fourth-order valence-corrected chi connectivity index (χ4v) is 2.63. The van der Waals surface area contributed by atoms with E-state index in [1.807, 2.05) is 24.3 Å². The molecule has 2 amide bonds. The zero-order valence-electron chi connectivity index (χ0n) is 14.9. The molecule has 3 aromatic rings. The number of nitrogens with one attached hydrogen (secondary N) is 3. The van der Waals surface area contributed by atoms with E-state index < -0.39 is 11.8 Å². The second kappa shape index (κ2) is 8.36. The predicted octanol–water partition coefficient (Wildman–Crippen LogP) is 2.80. The number of carbonyl (C=O) groups excluding carboxylic acids is 2. The number of amides is 2. The van der Waals surface area contributed by atoms with Crippen molar-refractivity contribution >= 4 is 46.0 Å². The van der Waals surface area contributed by atoms with Crippen LogP contribution in [-0.4, -0.2) is 22.0 Å². The maximum absolute atomic E-state index is 12.3. The topological polar surface area (TPSA) is 104 Å². The van der Waals surface area contributed by atoms with Crippen molar-refractivity contribution in [3.8, 4) is 5.75 Å². The third-order valence-electron chi connectivity index (χ3n) is 3.80. The van der Waals surface area contributed by atoms with Gasteiger partial charge in [-0.05, 0) is 60.3 Å². The highest BCUT2D eigenvalue weighted by atomic mass is 32.1. The Hall–Kier alpha value is -3.65. The summed E-state index contributed by atoms with van der Waals surface area (Å²) in [5, 5.41) is 14.0. The molecular formula is C20H17N3O4S. The summed E-state index contributed by atoms with van der Waals surface area (Å²) in [6.45, 7) is 1.80. The molecule has 0 aliphatic carbocycles. The Morgan fingerprint density at radius 3 is 2.46 bits per heavy atom. The second-order valence-corrected chi connectivity index (χ2v) is 6.30. The molecule has 3 rings (SSSR count). The Labute approximate surface area is 166 Å². The number of fused-ring (bicyclic) bond motifs is 1. The second-order valence-electron chi connectivity index (χ2n) is 5.90. The summed E-state index contributed by atoms with van der Waals surface area (Å²) < 4.78 is 5.31. The molecule has 2 aromatic carbocycles. The summed E-state index contributed by atoms with van der Waals surface area (Å²) in [5.74, 6) is 0.0175. The van der Waals surface area contributed by atoms with E-state index in [-0.39, 0.29) is 16.4 Å². The molecule has 0 saturated carbocycles. The first kappa shape index (κ1) is 19.1. The van der Waals surface area contributed by atoms with Crippen molar-refractivity contribution in [3.63, 3.8) is 0 Å². The number of carbonyl (C=O) groups is 2. The maximum Gasteiger partial charge on any atom is 0.273 e. The number of furan rings is 1. The van der Waals surface area contributed by atoms with Crippen LogP contribution < -0.4 is 16.2 Å². The summed E-state index contributed by atoms with van der Waals surface area (Å²) in [5.41, 5.74) is 4.84. The van der Waals surface area contributed by atoms with Gasteiger partial charge in [-0.15, -0.1) is 0 Å². The fraction of sp³-hybridized carbons (Fsp3) is 0.0500. The minimum absolute atomic E-state index is 0.0772. The normalized spacial score (nSPS) is 10.8. The van der Waals surface area contributed by atoms with Crippen LogP contribution in [0.4, 0.5) is 0 Å². The van der Waals surface area contributed by atoms with Crippen LogP contribution in [0.1, 0.15) is 21.9 Å². The van der Waals surface area contributed by atoms with E-state index >= 15 is 0 Å². The van der Waals surface area contributed by atoms with Crippen molar-refractivity contribution in [2.24, 2.45) is 0 Å². The zero-order valence-corrected chi connectivity index (χ0v) is 15.7. The number of hydrogen-bond acceptors (Lipinski definition) is 5. The lowest BCUT2D eigenvalue weighted by molar-refractivity contribution is -0.115. The van der Waals surface area contributed by atoms with E-state index in [1.54, 1.807) is 25.1 Å². The first-order chi connectivity index (χ1) is 13.4. The van der Waals surface area contributed by atoms with E-state index in [0.29, 0.717) is 5.76 Å². The highest BCUT2D eigenvalue weighted by molar-refractivity contribution is 7.80. The van der Waals surface area contributed by atoms with Gasteiger partial charge in [-0.2, -0.15) is 0 Å². The molecule has 4 N–H and O–H groups in total. The maximum atomic E-state index is 12.3. The Kier molecular flexibility index (Phi) is 5.71. The zero-order chi connectivity index (χ0) is 20.1.